The number of nitrogens with zero attached hydrogens (tertiary/aromatic N) is 1. The fraction of sp³-hybridized carbons (Fsp3) is 0.467. The molecule has 0 saturated carbocycles. The monoisotopic (exact) mass is 247 g/mol. The zero-order chi connectivity index (χ0) is 13.1. The van der Waals surface area contributed by atoms with Crippen LogP contribution in [0.4, 0.5) is 0 Å². The third-order valence-electron chi connectivity index (χ3n) is 3.58. The lowest BCUT2D eigenvalue weighted by atomic mass is 9.92. The predicted molar refractivity (Wildman–Crippen MR) is 73.0 cm³/mol. The second-order valence-corrected chi connectivity index (χ2v) is 4.85. The predicted octanol–water partition coefficient (Wildman–Crippen LogP) is 3.30. The summed E-state index contributed by atoms with van der Waals surface area (Å²) in [6.45, 7) is 6.26. The molecule has 1 heterocycles. The van der Waals surface area contributed by atoms with Gasteiger partial charge in [0.05, 0.1) is 0 Å². The van der Waals surface area contributed by atoms with E-state index in [9.17, 15) is 10.2 Å². The zero-order valence-corrected chi connectivity index (χ0v) is 10.9. The molecule has 3 nitrogen and oxygen atoms in total. The maximum Gasteiger partial charge on any atom is 0.198 e. The lowest BCUT2D eigenvalue weighted by Crippen LogP contribution is -2.00. The molecule has 0 unspecified atom stereocenters. The molecule has 0 amide bonds. The summed E-state index contributed by atoms with van der Waals surface area (Å²) in [6.07, 6.45) is 8.80. The van der Waals surface area contributed by atoms with Crippen LogP contribution in [0.15, 0.2) is 24.3 Å². The second kappa shape index (κ2) is 5.34. The highest BCUT2D eigenvalue weighted by atomic mass is 16.3. The molecular formula is C15H21NO2. The lowest BCUT2D eigenvalue weighted by molar-refractivity contribution is 0.376. The minimum atomic E-state index is 0.188. The molecule has 18 heavy (non-hydrogen) atoms. The molecule has 1 aliphatic rings. The first-order valence-corrected chi connectivity index (χ1v) is 6.60. The largest absolute Gasteiger partial charge is 0.494 e. The molecule has 2 N–H and O–H groups in total. The van der Waals surface area contributed by atoms with Gasteiger partial charge in [-0.3, -0.25) is 4.57 Å². The summed E-state index contributed by atoms with van der Waals surface area (Å²) in [5, 5.41) is 20.2. The van der Waals surface area contributed by atoms with Crippen LogP contribution in [0, 0.1) is 0 Å². The van der Waals surface area contributed by atoms with Crippen molar-refractivity contribution >= 4 is 0 Å². The summed E-state index contributed by atoms with van der Waals surface area (Å²) in [5.74, 6) is 0.387. The number of hydrogen-bond donors (Lipinski definition) is 2. The lowest BCUT2D eigenvalue weighted by Gasteiger charge is -2.13. The van der Waals surface area contributed by atoms with Crippen LogP contribution in [-0.4, -0.2) is 14.8 Å². The van der Waals surface area contributed by atoms with E-state index >= 15 is 0 Å². The normalized spacial score (nSPS) is 14.2. The van der Waals surface area contributed by atoms with Crippen molar-refractivity contribution in [2.75, 3.05) is 0 Å². The number of hydrogen-bond acceptors (Lipinski definition) is 2. The van der Waals surface area contributed by atoms with Crippen molar-refractivity contribution in [1.29, 1.82) is 0 Å². The van der Waals surface area contributed by atoms with Gasteiger partial charge in [0.15, 0.2) is 11.8 Å². The molecule has 0 saturated heterocycles. The van der Waals surface area contributed by atoms with Crippen LogP contribution in [0.3, 0.4) is 0 Å². The average Bonchev–Trinajstić information content (AvgIpc) is 2.62. The van der Waals surface area contributed by atoms with Crippen molar-refractivity contribution in [3.63, 3.8) is 0 Å². The average molecular weight is 247 g/mol. The van der Waals surface area contributed by atoms with E-state index in [2.05, 4.69) is 19.6 Å². The number of unbranched alkanes of at least 4 members (excludes halogenated alkanes) is 1. The maximum absolute atomic E-state index is 10.2. The summed E-state index contributed by atoms with van der Waals surface area (Å²) >= 11 is 0. The molecule has 98 valence electrons. The van der Waals surface area contributed by atoms with Gasteiger partial charge in [0.2, 0.25) is 0 Å². The maximum atomic E-state index is 10.2. The van der Waals surface area contributed by atoms with Gasteiger partial charge in [-0.25, -0.2) is 0 Å². The highest BCUT2D eigenvalue weighted by Gasteiger charge is 2.24. The van der Waals surface area contributed by atoms with E-state index in [4.69, 9.17) is 0 Å². The summed E-state index contributed by atoms with van der Waals surface area (Å²) in [4.78, 5) is 0. The molecule has 0 fully saturated rings. The van der Waals surface area contributed by atoms with Crippen LogP contribution in [0.25, 0.3) is 0 Å². The van der Waals surface area contributed by atoms with Gasteiger partial charge < -0.3 is 10.2 Å². The number of aromatic nitrogens is 1. The van der Waals surface area contributed by atoms with E-state index in [-0.39, 0.29) is 11.8 Å². The fourth-order valence-corrected chi connectivity index (χ4v) is 2.54. The van der Waals surface area contributed by atoms with Crippen molar-refractivity contribution in [3.05, 3.63) is 35.4 Å². The van der Waals surface area contributed by atoms with Gasteiger partial charge in [-0.05, 0) is 25.7 Å². The Hall–Kier alpha value is -1.64. The molecule has 1 aromatic rings. The van der Waals surface area contributed by atoms with E-state index in [1.165, 1.54) is 23.0 Å². The van der Waals surface area contributed by atoms with Gasteiger partial charge in [-0.1, -0.05) is 31.1 Å². The van der Waals surface area contributed by atoms with Crippen LogP contribution in [0.2, 0.25) is 0 Å². The Kier molecular flexibility index (Phi) is 3.80. The van der Waals surface area contributed by atoms with E-state index in [0.717, 1.165) is 30.4 Å². The summed E-state index contributed by atoms with van der Waals surface area (Å²) in [5.41, 5.74) is 3.13. The van der Waals surface area contributed by atoms with Crippen molar-refractivity contribution in [1.82, 2.24) is 4.57 Å². The van der Waals surface area contributed by atoms with Crippen molar-refractivity contribution in [2.45, 2.75) is 45.6 Å². The molecule has 1 aromatic heterocycles. The highest BCUT2D eigenvalue weighted by Crippen LogP contribution is 2.39. The van der Waals surface area contributed by atoms with Crippen molar-refractivity contribution < 1.29 is 10.2 Å². The number of rotatable bonds is 5. The molecule has 0 aromatic carbocycles. The molecule has 0 radical (unpaired) electrons. The molecular weight excluding hydrogens is 226 g/mol. The third-order valence-corrected chi connectivity index (χ3v) is 3.58. The van der Waals surface area contributed by atoms with Gasteiger partial charge in [0.1, 0.15) is 0 Å². The highest BCUT2D eigenvalue weighted by molar-refractivity contribution is 5.50. The summed E-state index contributed by atoms with van der Waals surface area (Å²) in [7, 11) is 0. The zero-order valence-electron chi connectivity index (χ0n) is 10.9. The molecule has 0 atom stereocenters. The third kappa shape index (κ3) is 2.17. The second-order valence-electron chi connectivity index (χ2n) is 4.85. The first-order chi connectivity index (χ1) is 8.69. The molecule has 2 rings (SSSR count). The Bertz CT molecular complexity index is 483. The smallest absolute Gasteiger partial charge is 0.198 e. The molecule has 0 bridgehead atoms. The summed E-state index contributed by atoms with van der Waals surface area (Å²) < 4.78 is 1.52. The minimum Gasteiger partial charge on any atom is -0.494 e. The van der Waals surface area contributed by atoms with Gasteiger partial charge in [-0.2, -0.15) is 0 Å². The Balaban J connectivity index is 2.25. The van der Waals surface area contributed by atoms with Crippen LogP contribution in [0.1, 0.15) is 37.3 Å². The van der Waals surface area contributed by atoms with Crippen LogP contribution < -0.4 is 0 Å². The Morgan fingerprint density at radius 1 is 1.33 bits per heavy atom. The first-order valence-electron chi connectivity index (χ1n) is 6.60. The standard InChI is InChI=1S/C15H21NO2/c1-3-5-6-11-7-8-12-13(10-11)15(18)16(9-4-2)14(12)17/h4,7,17-18H,2-3,5-6,8-10H2,1H3. The molecule has 0 spiro atoms. The van der Waals surface area contributed by atoms with E-state index in [0.29, 0.717) is 6.54 Å². The molecule has 3 heteroatoms. The van der Waals surface area contributed by atoms with Gasteiger partial charge in [0.25, 0.3) is 0 Å². The van der Waals surface area contributed by atoms with Crippen LogP contribution in [0.5, 0.6) is 11.8 Å². The van der Waals surface area contributed by atoms with E-state index in [1.54, 1.807) is 6.08 Å². The quantitative estimate of drug-likeness (QED) is 0.784. The van der Waals surface area contributed by atoms with Crippen LogP contribution in [-0.2, 0) is 19.4 Å². The Morgan fingerprint density at radius 3 is 2.72 bits per heavy atom. The fourth-order valence-electron chi connectivity index (χ4n) is 2.54. The first kappa shape index (κ1) is 12.8. The SMILES string of the molecule is C=CCn1c(O)c2c(c1O)CC(CCCC)=CC2. The number of allylic oxidation sites excluding steroid dienone is 3. The van der Waals surface area contributed by atoms with Gasteiger partial charge >= 0.3 is 0 Å². The molecule has 1 aliphatic carbocycles. The molecule has 0 aliphatic heterocycles. The number of aromatic hydroxyl groups is 2. The van der Waals surface area contributed by atoms with Gasteiger partial charge in [-0.15, -0.1) is 6.58 Å². The van der Waals surface area contributed by atoms with Crippen molar-refractivity contribution in [3.8, 4) is 11.8 Å². The Morgan fingerprint density at radius 2 is 2.06 bits per heavy atom. The topological polar surface area (TPSA) is 45.4 Å². The summed E-state index contributed by atoms with van der Waals surface area (Å²) in [6, 6.07) is 0. The van der Waals surface area contributed by atoms with E-state index < -0.39 is 0 Å². The number of fused-ring (bicyclic) bond motifs is 1. The minimum absolute atomic E-state index is 0.188. The Labute approximate surface area is 108 Å². The van der Waals surface area contributed by atoms with Crippen molar-refractivity contribution in [2.24, 2.45) is 0 Å². The van der Waals surface area contributed by atoms with E-state index in [1.807, 2.05) is 0 Å². The van der Waals surface area contributed by atoms with Crippen LogP contribution >= 0.6 is 0 Å². The van der Waals surface area contributed by atoms with Gasteiger partial charge in [0, 0.05) is 17.7 Å².